The Morgan fingerprint density at radius 2 is 1.95 bits per heavy atom. The van der Waals surface area contributed by atoms with Crippen molar-refractivity contribution < 1.29 is 13.9 Å². The van der Waals surface area contributed by atoms with Crippen LogP contribution in [0.3, 0.4) is 0 Å². The summed E-state index contributed by atoms with van der Waals surface area (Å²) in [5.41, 5.74) is 0.937. The molecular weight excluding hydrogens is 295 g/mol. The van der Waals surface area contributed by atoms with Crippen LogP contribution in [0, 0.1) is 5.82 Å². The number of carbonyl (C=O) groups excluding carboxylic acids is 1. The standard InChI is InChI=1S/C15H14ClFN2O2/c1-21-11-7-5-10(6-8-11)9-18-15(20)19-13-4-2-3-12(16)14(13)17/h2-8H,9H2,1H3,(H2,18,19,20). The van der Waals surface area contributed by atoms with Crippen molar-refractivity contribution >= 4 is 23.3 Å². The molecule has 0 bridgehead atoms. The van der Waals surface area contributed by atoms with Crippen LogP contribution in [-0.4, -0.2) is 13.1 Å². The minimum atomic E-state index is -0.654. The van der Waals surface area contributed by atoms with Crippen molar-refractivity contribution in [2.75, 3.05) is 12.4 Å². The molecule has 0 aliphatic carbocycles. The van der Waals surface area contributed by atoms with Crippen LogP contribution >= 0.6 is 11.6 Å². The van der Waals surface area contributed by atoms with Crippen molar-refractivity contribution in [2.45, 2.75) is 6.54 Å². The molecule has 0 radical (unpaired) electrons. The van der Waals surface area contributed by atoms with Gasteiger partial charge in [-0.3, -0.25) is 0 Å². The van der Waals surface area contributed by atoms with E-state index in [9.17, 15) is 9.18 Å². The Kier molecular flexibility index (Phi) is 5.00. The number of halogens is 2. The van der Waals surface area contributed by atoms with Gasteiger partial charge >= 0.3 is 6.03 Å². The topological polar surface area (TPSA) is 50.4 Å². The van der Waals surface area contributed by atoms with E-state index in [0.717, 1.165) is 11.3 Å². The number of ether oxygens (including phenoxy) is 1. The smallest absolute Gasteiger partial charge is 0.319 e. The van der Waals surface area contributed by atoms with Crippen molar-refractivity contribution in [3.63, 3.8) is 0 Å². The number of rotatable bonds is 4. The average Bonchev–Trinajstić information content (AvgIpc) is 2.50. The number of methoxy groups -OCH3 is 1. The molecule has 6 heteroatoms. The van der Waals surface area contributed by atoms with E-state index in [4.69, 9.17) is 16.3 Å². The number of anilines is 1. The highest BCUT2D eigenvalue weighted by Gasteiger charge is 2.09. The predicted octanol–water partition coefficient (Wildman–Crippen LogP) is 3.81. The summed E-state index contributed by atoms with van der Waals surface area (Å²) in [7, 11) is 1.58. The van der Waals surface area contributed by atoms with Gasteiger partial charge in [-0.05, 0) is 29.8 Å². The molecule has 2 aromatic carbocycles. The van der Waals surface area contributed by atoms with Gasteiger partial charge in [0.1, 0.15) is 5.75 Å². The van der Waals surface area contributed by atoms with Crippen molar-refractivity contribution in [3.05, 3.63) is 58.9 Å². The van der Waals surface area contributed by atoms with E-state index in [1.54, 1.807) is 25.3 Å². The van der Waals surface area contributed by atoms with E-state index in [2.05, 4.69) is 10.6 Å². The molecule has 0 aromatic heterocycles. The van der Waals surface area contributed by atoms with Crippen LogP contribution in [-0.2, 0) is 6.54 Å². The summed E-state index contributed by atoms with van der Waals surface area (Å²) in [6.45, 7) is 0.317. The number of carbonyl (C=O) groups is 1. The molecule has 4 nitrogen and oxygen atoms in total. The third kappa shape index (κ3) is 4.10. The molecule has 2 aromatic rings. The van der Waals surface area contributed by atoms with Gasteiger partial charge in [-0.15, -0.1) is 0 Å². The number of hydrogen-bond acceptors (Lipinski definition) is 2. The summed E-state index contributed by atoms with van der Waals surface area (Å²) in [6.07, 6.45) is 0. The molecule has 0 spiro atoms. The highest BCUT2D eigenvalue weighted by molar-refractivity contribution is 6.31. The first-order chi connectivity index (χ1) is 10.1. The van der Waals surface area contributed by atoms with Crippen LogP contribution in [0.15, 0.2) is 42.5 Å². The van der Waals surface area contributed by atoms with Crippen LogP contribution in [0.2, 0.25) is 5.02 Å². The molecule has 2 amide bonds. The lowest BCUT2D eigenvalue weighted by atomic mass is 10.2. The number of benzene rings is 2. The maximum Gasteiger partial charge on any atom is 0.319 e. The zero-order valence-corrected chi connectivity index (χ0v) is 12.1. The van der Waals surface area contributed by atoms with Crippen LogP contribution in [0.4, 0.5) is 14.9 Å². The zero-order valence-electron chi connectivity index (χ0n) is 11.3. The fourth-order valence-electron chi connectivity index (χ4n) is 1.69. The Morgan fingerprint density at radius 1 is 1.24 bits per heavy atom. The highest BCUT2D eigenvalue weighted by Crippen LogP contribution is 2.21. The molecule has 110 valence electrons. The number of amides is 2. The van der Waals surface area contributed by atoms with E-state index < -0.39 is 11.8 Å². The fraction of sp³-hybridized carbons (Fsp3) is 0.133. The summed E-state index contributed by atoms with van der Waals surface area (Å²) in [4.78, 5) is 11.7. The van der Waals surface area contributed by atoms with Gasteiger partial charge in [0.25, 0.3) is 0 Å². The Labute approximate surface area is 126 Å². The maximum atomic E-state index is 13.6. The van der Waals surface area contributed by atoms with E-state index in [0.29, 0.717) is 6.54 Å². The predicted molar refractivity (Wildman–Crippen MR) is 80.3 cm³/mol. The molecule has 0 aliphatic rings. The molecule has 0 aliphatic heterocycles. The van der Waals surface area contributed by atoms with Gasteiger partial charge in [-0.25, -0.2) is 9.18 Å². The van der Waals surface area contributed by atoms with Gasteiger partial charge in [0.15, 0.2) is 5.82 Å². The lowest BCUT2D eigenvalue weighted by Gasteiger charge is -2.09. The molecule has 0 heterocycles. The maximum absolute atomic E-state index is 13.6. The lowest BCUT2D eigenvalue weighted by molar-refractivity contribution is 0.251. The molecule has 0 saturated heterocycles. The first-order valence-corrected chi connectivity index (χ1v) is 6.59. The third-order valence-electron chi connectivity index (χ3n) is 2.81. The molecule has 0 unspecified atom stereocenters. The number of hydrogen-bond donors (Lipinski definition) is 2. The van der Waals surface area contributed by atoms with Gasteiger partial charge in [-0.1, -0.05) is 29.8 Å². The van der Waals surface area contributed by atoms with Gasteiger partial charge in [-0.2, -0.15) is 0 Å². The lowest BCUT2D eigenvalue weighted by Crippen LogP contribution is -2.28. The molecular formula is C15H14ClFN2O2. The van der Waals surface area contributed by atoms with E-state index in [1.807, 2.05) is 12.1 Å². The van der Waals surface area contributed by atoms with Crippen molar-refractivity contribution in [3.8, 4) is 5.75 Å². The summed E-state index contributed by atoms with van der Waals surface area (Å²) in [5, 5.41) is 5.00. The summed E-state index contributed by atoms with van der Waals surface area (Å²) >= 11 is 5.64. The Balaban J connectivity index is 1.91. The largest absolute Gasteiger partial charge is 0.497 e. The molecule has 0 atom stereocenters. The van der Waals surface area contributed by atoms with Crippen molar-refractivity contribution in [1.82, 2.24) is 5.32 Å². The van der Waals surface area contributed by atoms with E-state index in [1.165, 1.54) is 12.1 Å². The molecule has 2 rings (SSSR count). The number of nitrogens with one attached hydrogen (secondary N) is 2. The molecule has 2 N–H and O–H groups in total. The fourth-order valence-corrected chi connectivity index (χ4v) is 1.87. The first-order valence-electron chi connectivity index (χ1n) is 6.22. The van der Waals surface area contributed by atoms with E-state index >= 15 is 0 Å². The SMILES string of the molecule is COc1ccc(CNC(=O)Nc2cccc(Cl)c2F)cc1. The minimum Gasteiger partial charge on any atom is -0.497 e. The van der Waals surface area contributed by atoms with E-state index in [-0.39, 0.29) is 10.7 Å². The highest BCUT2D eigenvalue weighted by atomic mass is 35.5. The third-order valence-corrected chi connectivity index (χ3v) is 3.10. The first kappa shape index (κ1) is 15.1. The molecule has 0 fully saturated rings. The van der Waals surface area contributed by atoms with Crippen LogP contribution in [0.5, 0.6) is 5.75 Å². The van der Waals surface area contributed by atoms with Gasteiger partial charge in [0.05, 0.1) is 17.8 Å². The monoisotopic (exact) mass is 308 g/mol. The van der Waals surface area contributed by atoms with Gasteiger partial charge < -0.3 is 15.4 Å². The van der Waals surface area contributed by atoms with Crippen LogP contribution in [0.25, 0.3) is 0 Å². The van der Waals surface area contributed by atoms with Crippen LogP contribution in [0.1, 0.15) is 5.56 Å². The molecule has 21 heavy (non-hydrogen) atoms. The Bertz CT molecular complexity index is 632. The summed E-state index contributed by atoms with van der Waals surface area (Å²) in [5.74, 6) is 0.0861. The van der Waals surface area contributed by atoms with Gasteiger partial charge in [0, 0.05) is 6.54 Å². The minimum absolute atomic E-state index is 0.0368. The van der Waals surface area contributed by atoms with Gasteiger partial charge in [0.2, 0.25) is 0 Å². The van der Waals surface area contributed by atoms with Crippen LogP contribution < -0.4 is 15.4 Å². The summed E-state index contributed by atoms with van der Waals surface area (Å²) in [6, 6.07) is 11.2. The zero-order chi connectivity index (χ0) is 15.2. The Morgan fingerprint density at radius 3 is 2.62 bits per heavy atom. The number of urea groups is 1. The summed E-state index contributed by atoms with van der Waals surface area (Å²) < 4.78 is 18.7. The Hall–Kier alpha value is -2.27. The van der Waals surface area contributed by atoms with Crippen molar-refractivity contribution in [2.24, 2.45) is 0 Å². The second kappa shape index (κ2) is 6.95. The second-order valence-electron chi connectivity index (χ2n) is 4.26. The quantitative estimate of drug-likeness (QED) is 0.902. The van der Waals surface area contributed by atoms with Crippen molar-refractivity contribution in [1.29, 1.82) is 0 Å². The normalized spacial score (nSPS) is 10.0. The molecule has 0 saturated carbocycles. The average molecular weight is 309 g/mol. The second-order valence-corrected chi connectivity index (χ2v) is 4.66.